The largest absolute Gasteiger partial charge is 0.508 e. The van der Waals surface area contributed by atoms with Crippen LogP contribution in [0.5, 0.6) is 5.75 Å². The van der Waals surface area contributed by atoms with Crippen molar-refractivity contribution in [3.63, 3.8) is 0 Å². The second-order valence-electron chi connectivity index (χ2n) is 11.5. The Morgan fingerprint density at radius 1 is 0.692 bits per heavy atom. The second-order valence-corrected chi connectivity index (χ2v) is 11.5. The van der Waals surface area contributed by atoms with E-state index in [0.29, 0.717) is 5.56 Å². The van der Waals surface area contributed by atoms with Crippen LogP contribution in [0.2, 0.25) is 0 Å². The number of rotatable bonds is 14. The number of carbonyl (C=O) groups is 7. The fraction of sp³-hybridized carbons (Fsp3) is 0.545. The molecule has 2 aliphatic rings. The predicted octanol–water partition coefficient (Wildman–Crippen LogP) is -0.000900. The zero-order valence-electron chi connectivity index (χ0n) is 29.0. The Labute approximate surface area is 296 Å². The van der Waals surface area contributed by atoms with E-state index in [0.717, 1.165) is 47.6 Å². The maximum Gasteiger partial charge on any atom is 0.331 e. The minimum Gasteiger partial charge on any atom is -0.508 e. The van der Waals surface area contributed by atoms with Crippen molar-refractivity contribution in [2.75, 3.05) is 19.8 Å². The minimum atomic E-state index is -2.55. The van der Waals surface area contributed by atoms with Gasteiger partial charge < -0.3 is 57.6 Å². The van der Waals surface area contributed by atoms with Gasteiger partial charge in [-0.15, -0.1) is 0 Å². The van der Waals surface area contributed by atoms with Crippen molar-refractivity contribution in [1.29, 1.82) is 0 Å². The summed E-state index contributed by atoms with van der Waals surface area (Å²) in [7, 11) is 0. The summed E-state index contributed by atoms with van der Waals surface area (Å²) in [5.41, 5.74) is 0.460. The third-order valence-corrected chi connectivity index (χ3v) is 7.22. The van der Waals surface area contributed by atoms with Crippen molar-refractivity contribution >= 4 is 47.9 Å². The lowest BCUT2D eigenvalue weighted by Crippen LogP contribution is -2.65. The van der Waals surface area contributed by atoms with Gasteiger partial charge in [-0.3, -0.25) is 28.8 Å². The van der Waals surface area contributed by atoms with Crippen LogP contribution >= 0.6 is 0 Å². The standard InChI is InChI=1S/C33H40O19/c1-16(35)43-14-25-27(45-18(3)37)29(47-20(5)39)30(48-21(6)40)32(49-25)52-33(15-44-17(2)36)31(28(46-19(4)38)24(13-34)51-33)50-26(42)12-9-22-7-10-23(41)11-8-22/h7-12,24-25,27-32,34,41H,13-15H2,1-6H3/b12-9+/t24-,25-,27-,28-,29+,30-,31+,32-,33+/m1/s1. The fourth-order valence-corrected chi connectivity index (χ4v) is 5.30. The number of aliphatic hydroxyl groups excluding tert-OH is 1. The Kier molecular flexibility index (Phi) is 14.6. The molecule has 286 valence electrons. The van der Waals surface area contributed by atoms with Crippen LogP contribution in [0.25, 0.3) is 6.08 Å². The molecule has 19 nitrogen and oxygen atoms in total. The van der Waals surface area contributed by atoms with Gasteiger partial charge in [-0.2, -0.15) is 0 Å². The van der Waals surface area contributed by atoms with Crippen LogP contribution < -0.4 is 0 Å². The quantitative estimate of drug-likeness (QED) is 0.145. The highest BCUT2D eigenvalue weighted by atomic mass is 16.8. The highest BCUT2D eigenvalue weighted by Gasteiger charge is 2.64. The molecule has 2 aliphatic heterocycles. The van der Waals surface area contributed by atoms with Gasteiger partial charge in [0.15, 0.2) is 30.5 Å². The summed E-state index contributed by atoms with van der Waals surface area (Å²) < 4.78 is 55.9. The Balaban J connectivity index is 2.18. The van der Waals surface area contributed by atoms with Gasteiger partial charge in [-0.25, -0.2) is 4.79 Å². The van der Waals surface area contributed by atoms with Gasteiger partial charge in [-0.05, 0) is 23.8 Å². The van der Waals surface area contributed by atoms with Gasteiger partial charge >= 0.3 is 41.8 Å². The molecule has 2 N–H and O–H groups in total. The van der Waals surface area contributed by atoms with Crippen LogP contribution in [0.15, 0.2) is 30.3 Å². The SMILES string of the molecule is CC(=O)OC[C@H]1O[C@H](O[C@]2(COC(C)=O)O[C@H](CO)[C@@H](OC(C)=O)[C@@H]2OC(=O)/C=C/c2ccc(O)cc2)[C@H](OC(C)=O)[C@@H](OC(C)=O)[C@@H]1OC(C)=O. The van der Waals surface area contributed by atoms with Crippen LogP contribution in [0.4, 0.5) is 0 Å². The second kappa shape index (κ2) is 18.4. The van der Waals surface area contributed by atoms with Crippen LogP contribution in [0, 0.1) is 0 Å². The first-order chi connectivity index (χ1) is 24.4. The first-order valence-corrected chi connectivity index (χ1v) is 15.7. The maximum absolute atomic E-state index is 13.3. The van der Waals surface area contributed by atoms with Crippen LogP contribution in [-0.2, 0) is 80.9 Å². The Hall–Kier alpha value is -5.11. The summed E-state index contributed by atoms with van der Waals surface area (Å²) in [6.45, 7) is 3.67. The molecular formula is C33H40O19. The van der Waals surface area contributed by atoms with Gasteiger partial charge in [0.2, 0.25) is 12.1 Å². The number of benzene rings is 1. The average Bonchev–Trinajstić information content (AvgIpc) is 3.31. The van der Waals surface area contributed by atoms with Gasteiger partial charge in [0.05, 0.1) is 6.61 Å². The third kappa shape index (κ3) is 11.5. The van der Waals surface area contributed by atoms with Crippen molar-refractivity contribution in [2.45, 2.75) is 96.3 Å². The van der Waals surface area contributed by atoms with E-state index in [9.17, 15) is 43.8 Å². The molecule has 0 aliphatic carbocycles. The maximum atomic E-state index is 13.3. The zero-order valence-corrected chi connectivity index (χ0v) is 29.0. The molecule has 2 saturated heterocycles. The minimum absolute atomic E-state index is 0.0308. The molecule has 0 aromatic heterocycles. The monoisotopic (exact) mass is 740 g/mol. The Bertz CT molecular complexity index is 1500. The number of aromatic hydroxyl groups is 1. The molecule has 1 aromatic rings. The molecule has 0 saturated carbocycles. The van der Waals surface area contributed by atoms with E-state index in [1.165, 1.54) is 30.3 Å². The van der Waals surface area contributed by atoms with Crippen molar-refractivity contribution < 1.29 is 91.1 Å². The van der Waals surface area contributed by atoms with E-state index in [-0.39, 0.29) is 5.75 Å². The fourth-order valence-electron chi connectivity index (χ4n) is 5.30. The number of aliphatic hydroxyl groups is 1. The summed E-state index contributed by atoms with van der Waals surface area (Å²) in [4.78, 5) is 86.3. The molecule has 0 bridgehead atoms. The van der Waals surface area contributed by atoms with E-state index in [4.69, 9.17) is 47.4 Å². The Morgan fingerprint density at radius 2 is 1.23 bits per heavy atom. The lowest BCUT2D eigenvalue weighted by atomic mass is 9.97. The topological polar surface area (TPSA) is 252 Å². The first-order valence-electron chi connectivity index (χ1n) is 15.7. The number of ether oxygens (including phenoxy) is 10. The van der Waals surface area contributed by atoms with Crippen LogP contribution in [0.3, 0.4) is 0 Å². The molecule has 2 heterocycles. The molecule has 52 heavy (non-hydrogen) atoms. The highest BCUT2D eigenvalue weighted by molar-refractivity contribution is 5.87. The van der Waals surface area contributed by atoms with Crippen molar-refractivity contribution in [3.05, 3.63) is 35.9 Å². The molecular weight excluding hydrogens is 700 g/mol. The average molecular weight is 741 g/mol. The predicted molar refractivity (Wildman–Crippen MR) is 167 cm³/mol. The summed E-state index contributed by atoms with van der Waals surface area (Å²) in [6, 6.07) is 5.70. The van der Waals surface area contributed by atoms with E-state index < -0.39 is 116 Å². The summed E-state index contributed by atoms with van der Waals surface area (Å²) in [5.74, 6) is -9.09. The number of phenols is 1. The number of esters is 7. The van der Waals surface area contributed by atoms with E-state index in [1.807, 2.05) is 0 Å². The number of carbonyl (C=O) groups excluding carboxylic acids is 7. The summed E-state index contributed by atoms with van der Waals surface area (Å²) in [6.07, 6.45) is -11.3. The van der Waals surface area contributed by atoms with E-state index >= 15 is 0 Å². The van der Waals surface area contributed by atoms with Gasteiger partial charge in [-0.1, -0.05) is 12.1 Å². The van der Waals surface area contributed by atoms with Crippen LogP contribution in [0.1, 0.15) is 47.1 Å². The summed E-state index contributed by atoms with van der Waals surface area (Å²) in [5, 5.41) is 19.8. The Morgan fingerprint density at radius 3 is 1.77 bits per heavy atom. The highest BCUT2D eigenvalue weighted by Crippen LogP contribution is 2.41. The number of hydrogen-bond acceptors (Lipinski definition) is 19. The molecule has 0 radical (unpaired) electrons. The molecule has 1 aromatic carbocycles. The number of hydrogen-bond donors (Lipinski definition) is 2. The molecule has 19 heteroatoms. The molecule has 0 spiro atoms. The van der Waals surface area contributed by atoms with Crippen molar-refractivity contribution in [2.24, 2.45) is 0 Å². The van der Waals surface area contributed by atoms with Gasteiger partial charge in [0.1, 0.15) is 31.2 Å². The van der Waals surface area contributed by atoms with Gasteiger partial charge in [0.25, 0.3) is 0 Å². The van der Waals surface area contributed by atoms with Gasteiger partial charge in [0, 0.05) is 47.6 Å². The molecule has 0 amide bonds. The number of phenolic OH excluding ortho intramolecular Hbond substituents is 1. The zero-order chi connectivity index (χ0) is 38.7. The smallest absolute Gasteiger partial charge is 0.331 e. The molecule has 0 unspecified atom stereocenters. The molecule has 9 atom stereocenters. The summed E-state index contributed by atoms with van der Waals surface area (Å²) >= 11 is 0. The van der Waals surface area contributed by atoms with E-state index in [1.54, 1.807) is 0 Å². The van der Waals surface area contributed by atoms with Crippen molar-refractivity contribution in [1.82, 2.24) is 0 Å². The molecule has 3 rings (SSSR count). The van der Waals surface area contributed by atoms with E-state index in [2.05, 4.69) is 0 Å². The lowest BCUT2D eigenvalue weighted by Gasteiger charge is -2.46. The van der Waals surface area contributed by atoms with Crippen molar-refractivity contribution in [3.8, 4) is 5.75 Å². The van der Waals surface area contributed by atoms with Crippen LogP contribution in [-0.4, -0.2) is 127 Å². The molecule has 2 fully saturated rings. The third-order valence-electron chi connectivity index (χ3n) is 7.22. The lowest BCUT2D eigenvalue weighted by molar-refractivity contribution is -0.384. The normalized spacial score (nSPS) is 28.3. The first kappa shape index (κ1) is 41.3.